The highest BCUT2D eigenvalue weighted by molar-refractivity contribution is 5.16. The van der Waals surface area contributed by atoms with Crippen LogP contribution in [0.5, 0.6) is 0 Å². The van der Waals surface area contributed by atoms with E-state index in [-0.39, 0.29) is 0 Å². The predicted molar refractivity (Wildman–Crippen MR) is 64.7 cm³/mol. The van der Waals surface area contributed by atoms with Gasteiger partial charge in [0.25, 0.3) is 0 Å². The average Bonchev–Trinajstić information content (AvgIpc) is 2.32. The molecule has 1 radical (unpaired) electrons. The van der Waals surface area contributed by atoms with Crippen molar-refractivity contribution in [2.24, 2.45) is 0 Å². The van der Waals surface area contributed by atoms with Gasteiger partial charge in [0.05, 0.1) is 0 Å². The highest BCUT2D eigenvalue weighted by Crippen LogP contribution is 2.09. The Hall–Kier alpha value is -0.820. The molecule has 0 bridgehead atoms. The van der Waals surface area contributed by atoms with Crippen LogP contribution in [0.2, 0.25) is 0 Å². The summed E-state index contributed by atoms with van der Waals surface area (Å²) in [6, 6.07) is 10.7. The second-order valence-electron chi connectivity index (χ2n) is 4.34. The Morgan fingerprint density at radius 2 is 1.73 bits per heavy atom. The van der Waals surface area contributed by atoms with Crippen molar-refractivity contribution < 1.29 is 0 Å². The molecule has 0 amide bonds. The molecular formula is C14H20N. The summed E-state index contributed by atoms with van der Waals surface area (Å²) < 4.78 is 0. The number of likely N-dealkylation sites (tertiary alicyclic amines) is 1. The lowest BCUT2D eigenvalue weighted by Gasteiger charge is -2.26. The zero-order chi connectivity index (χ0) is 10.3. The molecule has 0 unspecified atom stereocenters. The van der Waals surface area contributed by atoms with Crippen molar-refractivity contribution in [1.29, 1.82) is 0 Å². The summed E-state index contributed by atoms with van der Waals surface area (Å²) in [6.07, 6.45) is 7.71. The first-order valence-corrected chi connectivity index (χ1v) is 6.03. The lowest BCUT2D eigenvalue weighted by molar-refractivity contribution is 0.244. The van der Waals surface area contributed by atoms with Crippen molar-refractivity contribution >= 4 is 0 Å². The molecule has 0 aliphatic carbocycles. The second-order valence-corrected chi connectivity index (χ2v) is 4.34. The molecule has 1 nitrogen and oxygen atoms in total. The van der Waals surface area contributed by atoms with Gasteiger partial charge >= 0.3 is 0 Å². The first kappa shape index (κ1) is 10.7. The number of hydrogen-bond donors (Lipinski definition) is 0. The van der Waals surface area contributed by atoms with Crippen LogP contribution in [0, 0.1) is 6.42 Å². The van der Waals surface area contributed by atoms with Crippen molar-refractivity contribution in [2.45, 2.75) is 25.7 Å². The quantitative estimate of drug-likeness (QED) is 0.725. The van der Waals surface area contributed by atoms with E-state index in [0.29, 0.717) is 0 Å². The lowest BCUT2D eigenvalue weighted by Crippen LogP contribution is -2.31. The van der Waals surface area contributed by atoms with E-state index < -0.39 is 0 Å². The van der Waals surface area contributed by atoms with E-state index in [1.54, 1.807) is 0 Å². The van der Waals surface area contributed by atoms with Gasteiger partial charge < -0.3 is 4.90 Å². The third-order valence-electron chi connectivity index (χ3n) is 3.06. The van der Waals surface area contributed by atoms with E-state index in [9.17, 15) is 0 Å². The fourth-order valence-electron chi connectivity index (χ4n) is 2.17. The standard InChI is InChI=1S/C14H20N/c1-3-8-14(9-4-1)10-7-13-15-11-5-2-6-12-15/h1,3-4,7-9H,2,5-6,10-13H2. The van der Waals surface area contributed by atoms with Gasteiger partial charge in [0, 0.05) is 6.54 Å². The van der Waals surface area contributed by atoms with Crippen LogP contribution in [0.1, 0.15) is 24.8 Å². The monoisotopic (exact) mass is 202 g/mol. The molecule has 0 aromatic heterocycles. The van der Waals surface area contributed by atoms with Crippen LogP contribution in [0.15, 0.2) is 30.3 Å². The van der Waals surface area contributed by atoms with Gasteiger partial charge in [-0.25, -0.2) is 0 Å². The van der Waals surface area contributed by atoms with E-state index in [0.717, 1.165) is 13.0 Å². The van der Waals surface area contributed by atoms with Crippen molar-refractivity contribution in [3.63, 3.8) is 0 Å². The van der Waals surface area contributed by atoms with Gasteiger partial charge in [-0.2, -0.15) is 0 Å². The van der Waals surface area contributed by atoms with Gasteiger partial charge in [-0.15, -0.1) is 0 Å². The topological polar surface area (TPSA) is 3.24 Å². The summed E-state index contributed by atoms with van der Waals surface area (Å²) in [5.41, 5.74) is 1.43. The first-order valence-electron chi connectivity index (χ1n) is 6.03. The molecule has 1 aromatic rings. The molecule has 0 saturated carbocycles. The molecule has 1 saturated heterocycles. The Labute approximate surface area is 93.1 Å². The normalized spacial score (nSPS) is 17.9. The highest BCUT2D eigenvalue weighted by atomic mass is 15.1. The minimum absolute atomic E-state index is 1.11. The maximum atomic E-state index is 2.56. The molecule has 81 valence electrons. The van der Waals surface area contributed by atoms with Gasteiger partial charge in [0.15, 0.2) is 0 Å². The van der Waals surface area contributed by atoms with Crippen LogP contribution in [-0.2, 0) is 6.42 Å². The number of piperidine rings is 1. The van der Waals surface area contributed by atoms with Crippen LogP contribution in [0.3, 0.4) is 0 Å². The Balaban J connectivity index is 1.66. The summed E-state index contributed by atoms with van der Waals surface area (Å²) >= 11 is 0. The van der Waals surface area contributed by atoms with Gasteiger partial charge in [-0.1, -0.05) is 36.8 Å². The minimum atomic E-state index is 1.11. The van der Waals surface area contributed by atoms with Crippen molar-refractivity contribution in [3.05, 3.63) is 42.3 Å². The summed E-state index contributed by atoms with van der Waals surface area (Å²) in [5, 5.41) is 0. The first-order chi connectivity index (χ1) is 7.45. The van der Waals surface area contributed by atoms with E-state index in [4.69, 9.17) is 0 Å². The van der Waals surface area contributed by atoms with Crippen LogP contribution < -0.4 is 0 Å². The number of benzene rings is 1. The van der Waals surface area contributed by atoms with Crippen LogP contribution in [-0.4, -0.2) is 24.5 Å². The minimum Gasteiger partial charge on any atom is -0.303 e. The maximum absolute atomic E-state index is 2.56. The average molecular weight is 202 g/mol. The van der Waals surface area contributed by atoms with E-state index >= 15 is 0 Å². The molecule has 2 rings (SSSR count). The Bertz CT molecular complexity index is 262. The molecule has 1 heteroatoms. The molecule has 1 fully saturated rings. The molecular weight excluding hydrogens is 182 g/mol. The third-order valence-corrected chi connectivity index (χ3v) is 3.06. The highest BCUT2D eigenvalue weighted by Gasteiger charge is 2.08. The zero-order valence-electron chi connectivity index (χ0n) is 9.36. The molecule has 1 heterocycles. The van der Waals surface area contributed by atoms with E-state index in [1.807, 2.05) is 0 Å². The largest absolute Gasteiger partial charge is 0.303 e. The number of rotatable bonds is 4. The van der Waals surface area contributed by atoms with Crippen molar-refractivity contribution in [1.82, 2.24) is 4.90 Å². The third kappa shape index (κ3) is 3.67. The van der Waals surface area contributed by atoms with Crippen molar-refractivity contribution in [2.75, 3.05) is 19.6 Å². The molecule has 1 aliphatic heterocycles. The molecule has 0 N–H and O–H groups in total. The van der Waals surface area contributed by atoms with Crippen LogP contribution in [0.4, 0.5) is 0 Å². The summed E-state index contributed by atoms with van der Waals surface area (Å²) in [6.45, 7) is 3.76. The molecule has 0 atom stereocenters. The Morgan fingerprint density at radius 1 is 1.00 bits per heavy atom. The number of hydrogen-bond acceptors (Lipinski definition) is 1. The lowest BCUT2D eigenvalue weighted by atomic mass is 10.1. The van der Waals surface area contributed by atoms with Gasteiger partial charge in [0.1, 0.15) is 0 Å². The predicted octanol–water partition coefficient (Wildman–Crippen LogP) is 2.92. The van der Waals surface area contributed by atoms with Crippen LogP contribution >= 0.6 is 0 Å². The Kier molecular flexibility index (Phi) is 4.22. The molecule has 0 spiro atoms. The fraction of sp³-hybridized carbons (Fsp3) is 0.500. The zero-order valence-corrected chi connectivity index (χ0v) is 9.36. The Morgan fingerprint density at radius 3 is 2.47 bits per heavy atom. The maximum Gasteiger partial charge on any atom is 0.00161 e. The smallest absolute Gasteiger partial charge is 0.00161 e. The van der Waals surface area contributed by atoms with E-state index in [1.165, 1.54) is 37.9 Å². The SMILES string of the molecule is [CH](Cc1ccccc1)CN1CCCCC1. The summed E-state index contributed by atoms with van der Waals surface area (Å²) in [4.78, 5) is 2.56. The second kappa shape index (κ2) is 5.92. The van der Waals surface area contributed by atoms with Crippen molar-refractivity contribution in [3.8, 4) is 0 Å². The van der Waals surface area contributed by atoms with Crippen LogP contribution in [0.25, 0.3) is 0 Å². The molecule has 1 aliphatic rings. The van der Waals surface area contributed by atoms with E-state index in [2.05, 4.69) is 41.7 Å². The van der Waals surface area contributed by atoms with Gasteiger partial charge in [-0.05, 0) is 44.3 Å². The molecule has 15 heavy (non-hydrogen) atoms. The van der Waals surface area contributed by atoms with Gasteiger partial charge in [0.2, 0.25) is 0 Å². The van der Waals surface area contributed by atoms with Gasteiger partial charge in [-0.3, -0.25) is 0 Å². The summed E-state index contributed by atoms with van der Waals surface area (Å²) in [7, 11) is 0. The number of nitrogens with zero attached hydrogens (tertiary/aromatic N) is 1. The fourth-order valence-corrected chi connectivity index (χ4v) is 2.17. The molecule has 1 aromatic carbocycles. The summed E-state index contributed by atoms with van der Waals surface area (Å²) in [5.74, 6) is 0.